The van der Waals surface area contributed by atoms with Crippen LogP contribution in [0, 0.1) is 11.8 Å². The maximum atomic E-state index is 5.78. The smallest absolute Gasteiger partial charge is 0.152 e. The molecule has 5 heteroatoms. The largest absolute Gasteiger partial charge is 0.308 e. The molecule has 21 heavy (non-hydrogen) atoms. The van der Waals surface area contributed by atoms with Gasteiger partial charge in [-0.1, -0.05) is 6.42 Å². The highest BCUT2D eigenvalue weighted by molar-refractivity contribution is 7.19. The molecule has 2 bridgehead atoms. The van der Waals surface area contributed by atoms with E-state index >= 15 is 0 Å². The second-order valence-electron chi connectivity index (χ2n) is 6.89. The highest BCUT2D eigenvalue weighted by Crippen LogP contribution is 2.52. The van der Waals surface area contributed by atoms with Gasteiger partial charge in [0.2, 0.25) is 0 Å². The minimum Gasteiger partial charge on any atom is -0.308 e. The maximum Gasteiger partial charge on any atom is 0.152 e. The summed E-state index contributed by atoms with van der Waals surface area (Å²) in [6.45, 7) is 0. The first-order valence-corrected chi connectivity index (χ1v) is 8.94. The molecule has 2 aromatic rings. The molecule has 0 amide bonds. The number of anilines is 1. The molecule has 110 valence electrons. The van der Waals surface area contributed by atoms with Gasteiger partial charge >= 0.3 is 0 Å². The summed E-state index contributed by atoms with van der Waals surface area (Å²) < 4.78 is 0. The van der Waals surface area contributed by atoms with Gasteiger partial charge in [-0.25, -0.2) is 15.8 Å². The Hall–Kier alpha value is -1.20. The van der Waals surface area contributed by atoms with E-state index in [1.807, 2.05) is 11.3 Å². The van der Waals surface area contributed by atoms with Crippen LogP contribution in [0.2, 0.25) is 0 Å². The van der Waals surface area contributed by atoms with Gasteiger partial charge < -0.3 is 5.43 Å². The van der Waals surface area contributed by atoms with Crippen molar-refractivity contribution in [2.75, 3.05) is 5.43 Å². The quantitative estimate of drug-likeness (QED) is 0.659. The molecule has 3 unspecified atom stereocenters. The molecule has 3 N–H and O–H groups in total. The van der Waals surface area contributed by atoms with Crippen molar-refractivity contribution in [1.29, 1.82) is 0 Å². The fourth-order valence-electron chi connectivity index (χ4n) is 4.84. The summed E-state index contributed by atoms with van der Waals surface area (Å²) in [5.74, 6) is 9.97. The summed E-state index contributed by atoms with van der Waals surface area (Å²) in [5, 5.41) is 1.20. The molecule has 0 radical (unpaired) electrons. The first kappa shape index (κ1) is 12.4. The predicted molar refractivity (Wildman–Crippen MR) is 85.4 cm³/mol. The van der Waals surface area contributed by atoms with Gasteiger partial charge in [-0.3, -0.25) is 0 Å². The zero-order chi connectivity index (χ0) is 14.0. The molecule has 0 aromatic carbocycles. The van der Waals surface area contributed by atoms with Gasteiger partial charge in [0.15, 0.2) is 5.82 Å². The van der Waals surface area contributed by atoms with Crippen LogP contribution in [0.4, 0.5) is 5.82 Å². The van der Waals surface area contributed by atoms with Crippen molar-refractivity contribution in [1.82, 2.24) is 9.97 Å². The van der Waals surface area contributed by atoms with Crippen molar-refractivity contribution in [3.63, 3.8) is 0 Å². The van der Waals surface area contributed by atoms with E-state index in [4.69, 9.17) is 15.8 Å². The molecule has 2 saturated carbocycles. The molecule has 3 aliphatic carbocycles. The van der Waals surface area contributed by atoms with E-state index in [1.165, 1.54) is 54.4 Å². The number of aromatic nitrogens is 2. The van der Waals surface area contributed by atoms with Crippen LogP contribution in [0.15, 0.2) is 0 Å². The lowest BCUT2D eigenvalue weighted by Gasteiger charge is -2.20. The van der Waals surface area contributed by atoms with E-state index in [2.05, 4.69) is 5.43 Å². The molecular formula is C16H20N4S. The summed E-state index contributed by atoms with van der Waals surface area (Å²) in [6.07, 6.45) is 9.06. The van der Waals surface area contributed by atoms with E-state index in [0.717, 1.165) is 34.7 Å². The van der Waals surface area contributed by atoms with Gasteiger partial charge in [-0.05, 0) is 55.9 Å². The second kappa shape index (κ2) is 4.40. The average molecular weight is 300 g/mol. The predicted octanol–water partition coefficient (Wildman–Crippen LogP) is 3.37. The van der Waals surface area contributed by atoms with Crippen LogP contribution in [0.5, 0.6) is 0 Å². The number of nitrogens with one attached hydrogen (secondary N) is 1. The van der Waals surface area contributed by atoms with E-state index in [1.54, 1.807) is 0 Å². The van der Waals surface area contributed by atoms with E-state index in [0.29, 0.717) is 5.92 Å². The van der Waals surface area contributed by atoms with Crippen LogP contribution in [0.25, 0.3) is 10.2 Å². The number of nitrogen functional groups attached to an aromatic ring is 1. The third-order valence-electron chi connectivity index (χ3n) is 5.79. The third-order valence-corrected chi connectivity index (χ3v) is 6.97. The molecule has 0 spiro atoms. The highest BCUT2D eigenvalue weighted by Gasteiger charge is 2.42. The Kier molecular flexibility index (Phi) is 2.59. The van der Waals surface area contributed by atoms with E-state index in [9.17, 15) is 0 Å². The summed E-state index contributed by atoms with van der Waals surface area (Å²) >= 11 is 1.86. The van der Waals surface area contributed by atoms with Crippen LogP contribution in [0.3, 0.4) is 0 Å². The number of fused-ring (bicyclic) bond motifs is 5. The Morgan fingerprint density at radius 2 is 2.10 bits per heavy atom. The third kappa shape index (κ3) is 1.70. The summed E-state index contributed by atoms with van der Waals surface area (Å²) in [5.41, 5.74) is 4.30. The van der Waals surface area contributed by atoms with Gasteiger partial charge in [0, 0.05) is 10.8 Å². The van der Waals surface area contributed by atoms with Crippen LogP contribution in [-0.4, -0.2) is 9.97 Å². The molecular weight excluding hydrogens is 280 g/mol. The molecule has 5 rings (SSSR count). The van der Waals surface area contributed by atoms with Gasteiger partial charge in [-0.15, -0.1) is 11.3 Å². The van der Waals surface area contributed by atoms with Gasteiger partial charge in [0.05, 0.1) is 5.39 Å². The molecule has 2 fully saturated rings. The fraction of sp³-hybridized carbons (Fsp3) is 0.625. The highest BCUT2D eigenvalue weighted by atomic mass is 32.1. The van der Waals surface area contributed by atoms with Crippen LogP contribution in [0.1, 0.15) is 54.3 Å². The SMILES string of the molecule is NNc1nc(C2CC3CCC2C3)nc2sc3c(c12)CCC3. The van der Waals surface area contributed by atoms with Crippen LogP contribution < -0.4 is 11.3 Å². The monoisotopic (exact) mass is 300 g/mol. The number of hydrogen-bond donors (Lipinski definition) is 2. The summed E-state index contributed by atoms with van der Waals surface area (Å²) in [4.78, 5) is 12.4. The van der Waals surface area contributed by atoms with E-state index in [-0.39, 0.29) is 0 Å². The number of nitrogens with two attached hydrogens (primary N) is 1. The first-order chi connectivity index (χ1) is 10.3. The fourth-order valence-corrected chi connectivity index (χ4v) is 6.11. The zero-order valence-electron chi connectivity index (χ0n) is 12.1. The Balaban J connectivity index is 1.66. The normalized spacial score (nSPS) is 30.2. The number of hydrazine groups is 1. The Bertz CT molecular complexity index is 723. The van der Waals surface area contributed by atoms with Crippen molar-refractivity contribution in [3.8, 4) is 0 Å². The topological polar surface area (TPSA) is 63.8 Å². The Morgan fingerprint density at radius 1 is 1.14 bits per heavy atom. The molecule has 0 saturated heterocycles. The molecule has 2 aromatic heterocycles. The lowest BCUT2D eigenvalue weighted by Crippen LogP contribution is -2.15. The van der Waals surface area contributed by atoms with E-state index < -0.39 is 0 Å². The Morgan fingerprint density at radius 3 is 2.86 bits per heavy atom. The van der Waals surface area contributed by atoms with Crippen LogP contribution >= 0.6 is 11.3 Å². The van der Waals surface area contributed by atoms with Crippen molar-refractivity contribution in [2.24, 2.45) is 17.7 Å². The summed E-state index contributed by atoms with van der Waals surface area (Å²) in [7, 11) is 0. The molecule has 0 aliphatic heterocycles. The van der Waals surface area contributed by atoms with Gasteiger partial charge in [0.25, 0.3) is 0 Å². The number of hydrogen-bond acceptors (Lipinski definition) is 5. The van der Waals surface area contributed by atoms with Crippen molar-refractivity contribution in [3.05, 3.63) is 16.3 Å². The minimum atomic E-state index is 0.567. The molecule has 2 heterocycles. The number of rotatable bonds is 2. The first-order valence-electron chi connectivity index (χ1n) is 8.12. The number of nitrogens with zero attached hydrogens (tertiary/aromatic N) is 2. The number of aryl methyl sites for hydroxylation is 2. The standard InChI is InChI=1S/C16H20N4S/c17-20-15-13-10-2-1-3-12(10)21-16(13)19-14(18-15)11-7-8-4-5-9(11)6-8/h8-9,11H,1-7,17H2,(H,18,19,20). The van der Waals surface area contributed by atoms with Gasteiger partial charge in [-0.2, -0.15) is 0 Å². The lowest BCUT2D eigenvalue weighted by molar-refractivity contribution is 0.406. The van der Waals surface area contributed by atoms with Crippen molar-refractivity contribution < 1.29 is 0 Å². The van der Waals surface area contributed by atoms with Crippen LogP contribution in [-0.2, 0) is 12.8 Å². The number of thiophene rings is 1. The maximum absolute atomic E-state index is 5.78. The second-order valence-corrected chi connectivity index (χ2v) is 7.98. The summed E-state index contributed by atoms with van der Waals surface area (Å²) in [6, 6.07) is 0. The Labute approximate surface area is 128 Å². The van der Waals surface area contributed by atoms with Gasteiger partial charge in [0.1, 0.15) is 10.7 Å². The molecule has 3 aliphatic rings. The lowest BCUT2D eigenvalue weighted by atomic mass is 9.88. The molecule has 4 nitrogen and oxygen atoms in total. The average Bonchev–Trinajstić information content (AvgIpc) is 3.24. The van der Waals surface area contributed by atoms with Crippen molar-refractivity contribution in [2.45, 2.75) is 50.9 Å². The zero-order valence-corrected chi connectivity index (χ0v) is 12.9. The minimum absolute atomic E-state index is 0.567. The molecule has 3 atom stereocenters. The van der Waals surface area contributed by atoms with Crippen molar-refractivity contribution >= 4 is 27.4 Å².